The first kappa shape index (κ1) is 114. The molecule has 138 heavy (non-hydrogen) atoms. The van der Waals surface area contributed by atoms with Gasteiger partial charge < -0.3 is 156 Å². The highest BCUT2D eigenvalue weighted by molar-refractivity contribution is 6.64. The lowest BCUT2D eigenvalue weighted by molar-refractivity contribution is -0.187. The van der Waals surface area contributed by atoms with Crippen molar-refractivity contribution in [3.05, 3.63) is 127 Å². The van der Waals surface area contributed by atoms with Gasteiger partial charge in [-0.25, -0.2) is 43.2 Å². The Balaban J connectivity index is 0.000000258. The van der Waals surface area contributed by atoms with E-state index in [2.05, 4.69) is 16.1 Å². The smallest absolute Gasteiger partial charge is 0.378 e. The first-order chi connectivity index (χ1) is 64.2. The number of carbonyl (C=O) groups is 17. The molecule has 12 aliphatic rings. The summed E-state index contributed by atoms with van der Waals surface area (Å²) in [4.78, 5) is 195. The van der Waals surface area contributed by atoms with Crippen molar-refractivity contribution in [2.45, 2.75) is 255 Å². The Morgan fingerprint density at radius 3 is 1.21 bits per heavy atom. The number of Topliss-reactive ketones (excluding diaryl/α,β-unsaturated/α-hetero) is 2. The fraction of sp³-hybridized carbons (Fsp3) is 0.557. The highest BCUT2D eigenvalue weighted by Gasteiger charge is 2.54. The zero-order valence-electron chi connectivity index (χ0n) is 77.8. The van der Waals surface area contributed by atoms with Crippen LogP contribution in [-0.4, -0.2) is 313 Å². The van der Waals surface area contributed by atoms with E-state index >= 15 is 0 Å². The van der Waals surface area contributed by atoms with Crippen molar-refractivity contribution in [1.82, 2.24) is 0 Å². The zero-order chi connectivity index (χ0) is 104. The van der Waals surface area contributed by atoms with Crippen LogP contribution >= 0.6 is 11.6 Å². The van der Waals surface area contributed by atoms with Crippen molar-refractivity contribution >= 4 is 112 Å². The van der Waals surface area contributed by atoms with E-state index in [4.69, 9.17) is 137 Å². The lowest BCUT2D eigenvalue weighted by Crippen LogP contribution is -2.41. The van der Waals surface area contributed by atoms with Gasteiger partial charge in [0.05, 0.1) is 33.0 Å². The molecule has 0 spiro atoms. The van der Waals surface area contributed by atoms with Crippen molar-refractivity contribution in [2.75, 3.05) is 46.2 Å². The van der Waals surface area contributed by atoms with E-state index in [9.17, 15) is 102 Å². The number of ketones is 3. The second-order valence-corrected chi connectivity index (χ2v) is 33.9. The van der Waals surface area contributed by atoms with Gasteiger partial charge in [0.1, 0.15) is 36.6 Å². The van der Waals surface area contributed by atoms with Crippen LogP contribution in [0.3, 0.4) is 0 Å². The molecule has 0 radical (unpaired) electrons. The number of halogens is 1. The summed E-state index contributed by atoms with van der Waals surface area (Å²) < 4.78 is 105. The molecule has 0 amide bonds. The number of aliphatic hydroxyl groups excluding tert-OH is 9. The molecule has 49 nitrogen and oxygen atoms in total. The summed E-state index contributed by atoms with van der Waals surface area (Å²) in [5.41, 5.74) is 5.09. The molecule has 0 saturated carbocycles. The van der Waals surface area contributed by atoms with Crippen LogP contribution in [0.15, 0.2) is 127 Å². The van der Waals surface area contributed by atoms with Crippen molar-refractivity contribution in [3.63, 3.8) is 0 Å². The number of allylic oxidation sites excluding steroid dienone is 8. The Labute approximate surface area is 790 Å². The molecule has 12 rings (SSSR count). The molecule has 9 aliphatic heterocycles. The summed E-state index contributed by atoms with van der Waals surface area (Å²) in [5, 5.41) is 98.1. The summed E-state index contributed by atoms with van der Waals surface area (Å²) >= 11 is 5.24. The fourth-order valence-electron chi connectivity index (χ4n) is 14.3. The first-order valence-corrected chi connectivity index (χ1v) is 42.2. The molecular weight excluding hydrogens is 1880 g/mol. The topological polar surface area (TPSA) is 707 Å². The van der Waals surface area contributed by atoms with Gasteiger partial charge in [-0.15, -0.1) is 0 Å². The number of hydrogen-bond donors (Lipinski definition) is 11. The lowest BCUT2D eigenvalue weighted by atomic mass is 9.70. The van der Waals surface area contributed by atoms with Crippen molar-refractivity contribution < 1.29 is 237 Å². The quantitative estimate of drug-likeness (QED) is 0.0284. The number of carboxylic acids is 2. The van der Waals surface area contributed by atoms with Gasteiger partial charge in [-0.2, -0.15) is 0 Å². The average molecular weight is 1990 g/mol. The van der Waals surface area contributed by atoms with Crippen LogP contribution in [0, 0.1) is 16.2 Å². The van der Waals surface area contributed by atoms with Crippen LogP contribution in [0.5, 0.6) is 0 Å². The van der Waals surface area contributed by atoms with Crippen LogP contribution in [0.4, 0.5) is 0 Å². The van der Waals surface area contributed by atoms with E-state index in [1.807, 2.05) is 81.4 Å². The molecule has 50 heteroatoms. The standard InChI is InChI=1S/C24H28O11.C21H26O9.C12H11ClO9.C11H16O2.C8H8O8.C6H8O6.C6H12O4/c1-11(2)7-14-8-15(27)16(9-24(14,5)6)33-22(29)23-30-10-17(34-23)18-19(31-12(3)25)20(21(28)35-18)32-13(4)26;1-9(2)6-11-10(3)14(22)12(7-21(11,4)5)28-19(26)20-27-8-13(29-20)17-15(23)16(24)18(25)30-17;1-4(14)19-8-7(6-3-18-12(21-6)10(13)16)22-11(17)9(8)20-5(2)15;1-5-8-7(2)10(13)9(12)6-11(8,3)4;9-3-4(10)7(13)16-5(3)2-1-14-8(15-2)6(11)12;7-1-2(8)5-3(9)4(10)6(11)12-5;1-3-9-6(5(7)8)10-4-2/h7-8,16-18,23H,9-10H2,1-6H3;6,12-13,17,20,23-24H,7-8H2,1-5H3;6-7,12H,3H2,1-2H3;5,9,12H,1,6H2,2-4H3;2,5,8-10H,1H2,(H,11,12);2,5,7-10H,1H2;6H,3-4H2,1-2H3,(H,7,8)/t16?,17-,18+,23?;12?,13-,17+,20?;6-,7+,12?;;2-,5+,8?;2-,5+;/m000.00./s1. The van der Waals surface area contributed by atoms with Gasteiger partial charge in [0.2, 0.25) is 35.1 Å². The third-order valence-corrected chi connectivity index (χ3v) is 20.8. The highest BCUT2D eigenvalue weighted by atomic mass is 35.5. The first-order valence-electron chi connectivity index (χ1n) is 41.9. The average Bonchev–Trinajstić information content (AvgIpc) is 1.78. The van der Waals surface area contributed by atoms with Crippen molar-refractivity contribution in [1.29, 1.82) is 0 Å². The molecule has 9 heterocycles. The molecule has 0 aromatic rings. The van der Waals surface area contributed by atoms with Gasteiger partial charge in [-0.05, 0) is 124 Å². The number of rotatable bonds is 24. The van der Waals surface area contributed by atoms with Crippen LogP contribution in [-0.2, 0) is 181 Å². The monoisotopic (exact) mass is 1980 g/mol. The number of carbonyl (C=O) groups excluding carboxylic acids is 15. The van der Waals surface area contributed by atoms with Crippen molar-refractivity contribution in [3.8, 4) is 0 Å². The zero-order valence-corrected chi connectivity index (χ0v) is 78.5. The Morgan fingerprint density at radius 1 is 0.486 bits per heavy atom. The summed E-state index contributed by atoms with van der Waals surface area (Å²) in [5.74, 6) is -20.1. The SMILES string of the molecule is C=CC1=C(C)C(=O)C(O)CC1(C)C.CC(=O)OC1=C(OC(C)=O)[C@@H]([C@@H]2COC(C(=O)Cl)O2)OC1=O.CC(=O)OC1=C(OC(C)=O)[C@@H]([C@@H]2COC(C(=O)OC3CC(C)(C)C(C=C(C)C)=CC3=O)O2)OC1=O.CC(C)=CC1=C(C)C(=O)C(OC(=O)C2OC[C@@H]([C@H]3OC(=O)C(O)=C3O)O2)CC1(C)C.CCOC(OCC)C(=O)O.O=C1O[C@H]([C@@H](O)CO)C(O)=C1O.O=C1O[C@H]([C@@H]2COC(C(=O)O)O2)C(O)=C1O. The van der Waals surface area contributed by atoms with Gasteiger partial charge in [-0.3, -0.25) is 38.4 Å². The molecule has 0 aromatic carbocycles. The third kappa shape index (κ3) is 29.5. The second kappa shape index (κ2) is 49.2. The minimum absolute atomic E-state index is 0.140. The van der Waals surface area contributed by atoms with Crippen LogP contribution in [0.25, 0.3) is 0 Å². The maximum Gasteiger partial charge on any atom is 0.378 e. The Kier molecular flexibility index (Phi) is 40.7. The number of carboxylic acid groups (broad SMARTS) is 2. The van der Waals surface area contributed by atoms with Crippen LogP contribution in [0.2, 0.25) is 0 Å². The number of aliphatic hydroxyl groups is 9. The summed E-state index contributed by atoms with van der Waals surface area (Å²) in [6.45, 7) is 33.9. The van der Waals surface area contributed by atoms with Gasteiger partial charge in [0, 0.05) is 53.8 Å². The van der Waals surface area contributed by atoms with E-state index in [0.29, 0.717) is 37.2 Å². The summed E-state index contributed by atoms with van der Waals surface area (Å²) in [6, 6.07) is 0. The van der Waals surface area contributed by atoms with E-state index in [-0.39, 0.29) is 72.5 Å². The Bertz CT molecular complexity index is 5080. The van der Waals surface area contributed by atoms with E-state index in [1.165, 1.54) is 6.08 Å². The highest BCUT2D eigenvalue weighted by Crippen LogP contribution is 2.44. The number of hydrogen-bond acceptors (Lipinski definition) is 47. The van der Waals surface area contributed by atoms with E-state index in [1.54, 1.807) is 33.8 Å². The molecule has 7 unspecified atom stereocenters. The molecule has 3 aliphatic carbocycles. The summed E-state index contributed by atoms with van der Waals surface area (Å²) in [6.07, 6.45) is -13.2. The van der Waals surface area contributed by atoms with Gasteiger partial charge in [0.15, 0.2) is 77.4 Å². The largest absolute Gasteiger partial charge is 0.505 e. The number of aliphatic carboxylic acids is 2. The minimum atomic E-state index is -1.51. The van der Waals surface area contributed by atoms with Crippen molar-refractivity contribution in [2.24, 2.45) is 16.2 Å². The lowest BCUT2D eigenvalue weighted by Gasteiger charge is -2.36. The van der Waals surface area contributed by atoms with E-state index < -0.39 is 252 Å². The number of ether oxygens (including phenoxy) is 21. The predicted octanol–water partition coefficient (Wildman–Crippen LogP) is 3.70. The minimum Gasteiger partial charge on any atom is -0.505 e. The van der Waals surface area contributed by atoms with Crippen LogP contribution in [0.1, 0.15) is 144 Å². The molecule has 4 saturated heterocycles. The molecule has 11 N–H and O–H groups in total. The molecule has 0 bridgehead atoms. The maximum atomic E-state index is 12.8. The predicted molar refractivity (Wildman–Crippen MR) is 451 cm³/mol. The molecule has 17 atom stereocenters. The van der Waals surface area contributed by atoms with Gasteiger partial charge >= 0.3 is 77.6 Å². The number of cyclic esters (lactones) is 5. The van der Waals surface area contributed by atoms with Crippen LogP contribution < -0.4 is 0 Å². The second-order valence-electron chi connectivity index (χ2n) is 33.5. The van der Waals surface area contributed by atoms with Gasteiger partial charge in [-0.1, -0.05) is 77.5 Å². The molecule has 0 aromatic heterocycles. The fourth-order valence-corrected chi connectivity index (χ4v) is 14.5. The molecular formula is C88H109ClO49. The van der Waals surface area contributed by atoms with Gasteiger partial charge in [0.25, 0.3) is 41.9 Å². The summed E-state index contributed by atoms with van der Waals surface area (Å²) in [7, 11) is 0. The normalized spacial score (nSPS) is 27.7. The third-order valence-electron chi connectivity index (χ3n) is 20.6. The Hall–Kier alpha value is -12.5. The van der Waals surface area contributed by atoms with E-state index in [0.717, 1.165) is 55.6 Å². The maximum absolute atomic E-state index is 12.8. The number of esters is 11. The molecule has 762 valence electrons. The molecule has 4 fully saturated rings. The Morgan fingerprint density at radius 2 is 0.855 bits per heavy atom.